The maximum atomic E-state index is 13.3. The Hall–Kier alpha value is -2.88. The van der Waals surface area contributed by atoms with E-state index in [0.717, 1.165) is 4.57 Å². The fraction of sp³-hybridized carbons (Fsp3) is 0.389. The monoisotopic (exact) mass is 399 g/mol. The fourth-order valence-corrected chi connectivity index (χ4v) is 2.65. The van der Waals surface area contributed by atoms with E-state index in [2.05, 4.69) is 16.9 Å². The third-order valence-corrected chi connectivity index (χ3v) is 3.85. The number of aliphatic carboxylic acids is 1. The van der Waals surface area contributed by atoms with Crippen LogP contribution in [-0.2, 0) is 15.7 Å². The van der Waals surface area contributed by atoms with Gasteiger partial charge in [-0.3, -0.25) is 4.79 Å². The Bertz CT molecular complexity index is 890. The Kier molecular flexibility index (Phi) is 6.45. The van der Waals surface area contributed by atoms with Gasteiger partial charge in [0.1, 0.15) is 0 Å². The number of hydrogen-bond acceptors (Lipinski definition) is 4. The van der Waals surface area contributed by atoms with Crippen molar-refractivity contribution in [1.82, 2.24) is 14.9 Å². The van der Waals surface area contributed by atoms with Crippen molar-refractivity contribution in [2.45, 2.75) is 32.1 Å². The van der Waals surface area contributed by atoms with E-state index in [4.69, 9.17) is 9.84 Å². The molecule has 0 fully saturated rings. The third-order valence-electron chi connectivity index (χ3n) is 3.85. The van der Waals surface area contributed by atoms with Crippen molar-refractivity contribution >= 4 is 22.9 Å². The summed E-state index contributed by atoms with van der Waals surface area (Å²) in [5, 5.41) is 11.4. The second-order valence-corrected chi connectivity index (χ2v) is 6.29. The molecule has 152 valence electrons. The summed E-state index contributed by atoms with van der Waals surface area (Å²) in [6.07, 6.45) is -3.22. The summed E-state index contributed by atoms with van der Waals surface area (Å²) < 4.78 is 45.9. The first kappa shape index (κ1) is 21.4. The zero-order valence-corrected chi connectivity index (χ0v) is 15.3. The first-order valence-corrected chi connectivity index (χ1v) is 8.37. The van der Waals surface area contributed by atoms with Gasteiger partial charge >= 0.3 is 12.1 Å². The summed E-state index contributed by atoms with van der Waals surface area (Å²) in [7, 11) is 0. The normalized spacial score (nSPS) is 12.9. The van der Waals surface area contributed by atoms with Gasteiger partial charge < -0.3 is 19.7 Å². The molecule has 1 aromatic heterocycles. The first-order chi connectivity index (χ1) is 13.1. The summed E-state index contributed by atoms with van der Waals surface area (Å²) in [6, 6.07) is 2.06. The van der Waals surface area contributed by atoms with Gasteiger partial charge in [-0.15, -0.1) is 6.58 Å². The summed E-state index contributed by atoms with van der Waals surface area (Å²) in [4.78, 5) is 27.2. The van der Waals surface area contributed by atoms with Gasteiger partial charge in [-0.05, 0) is 32.0 Å². The minimum absolute atomic E-state index is 0.00963. The van der Waals surface area contributed by atoms with Crippen LogP contribution in [0.1, 0.15) is 36.1 Å². The van der Waals surface area contributed by atoms with Crippen LogP contribution in [0.4, 0.5) is 13.2 Å². The van der Waals surface area contributed by atoms with Crippen LogP contribution in [0.5, 0.6) is 0 Å². The van der Waals surface area contributed by atoms with E-state index >= 15 is 0 Å². The average Bonchev–Trinajstić information content (AvgIpc) is 3.00. The van der Waals surface area contributed by atoms with Crippen molar-refractivity contribution in [1.29, 1.82) is 0 Å². The number of ether oxygens (including phenoxy) is 1. The molecule has 0 saturated heterocycles. The molecule has 1 aromatic carbocycles. The van der Waals surface area contributed by atoms with Crippen LogP contribution in [0.2, 0.25) is 0 Å². The Morgan fingerprint density at radius 3 is 2.61 bits per heavy atom. The number of carbonyl (C=O) groups is 2. The standard InChI is InChI=1S/C18H20F3N3O4/c1-4-7-28-9-13(16(26)27)22-15(25)11-5-6-14-12(8-11)23-17(18(19,20)21)24(14)10(2)3/h4-6,8,10,13H,1,7,9H2,2-3H3,(H,22,25)(H,26,27). The lowest BCUT2D eigenvalue weighted by atomic mass is 10.1. The van der Waals surface area contributed by atoms with Crippen LogP contribution in [0, 0.1) is 0 Å². The highest BCUT2D eigenvalue weighted by atomic mass is 19.4. The Morgan fingerprint density at radius 2 is 2.07 bits per heavy atom. The predicted molar refractivity (Wildman–Crippen MR) is 95.0 cm³/mol. The lowest BCUT2D eigenvalue weighted by molar-refractivity contribution is -0.147. The minimum atomic E-state index is -4.65. The highest BCUT2D eigenvalue weighted by Crippen LogP contribution is 2.33. The molecule has 1 amide bonds. The summed E-state index contributed by atoms with van der Waals surface area (Å²) in [6.45, 7) is 6.45. The van der Waals surface area contributed by atoms with Crippen LogP contribution in [0.15, 0.2) is 30.9 Å². The summed E-state index contributed by atoms with van der Waals surface area (Å²) in [5.74, 6) is -3.12. The molecule has 10 heteroatoms. The quantitative estimate of drug-likeness (QED) is 0.526. The zero-order valence-electron chi connectivity index (χ0n) is 15.3. The SMILES string of the molecule is C=CCOCC(NC(=O)c1ccc2c(c1)nc(C(F)(F)F)n2C(C)C)C(=O)O. The molecule has 0 aliphatic heterocycles. The number of amides is 1. The number of carboxylic acid groups (broad SMARTS) is 1. The van der Waals surface area contributed by atoms with Crippen molar-refractivity contribution in [3.8, 4) is 0 Å². The van der Waals surface area contributed by atoms with E-state index in [9.17, 15) is 22.8 Å². The van der Waals surface area contributed by atoms with Gasteiger partial charge in [0.25, 0.3) is 5.91 Å². The van der Waals surface area contributed by atoms with Crippen molar-refractivity contribution in [3.63, 3.8) is 0 Å². The van der Waals surface area contributed by atoms with E-state index in [-0.39, 0.29) is 29.8 Å². The van der Waals surface area contributed by atoms with Crippen LogP contribution in [-0.4, -0.2) is 45.8 Å². The maximum Gasteiger partial charge on any atom is 0.449 e. The summed E-state index contributed by atoms with van der Waals surface area (Å²) >= 11 is 0. The molecule has 28 heavy (non-hydrogen) atoms. The number of imidazole rings is 1. The Labute approximate surface area is 158 Å². The fourth-order valence-electron chi connectivity index (χ4n) is 2.65. The van der Waals surface area contributed by atoms with Gasteiger partial charge in [-0.25, -0.2) is 9.78 Å². The smallest absolute Gasteiger partial charge is 0.449 e. The van der Waals surface area contributed by atoms with Crippen LogP contribution in [0.3, 0.4) is 0 Å². The number of carboxylic acids is 1. The number of rotatable bonds is 8. The lowest BCUT2D eigenvalue weighted by Gasteiger charge is -2.15. The van der Waals surface area contributed by atoms with Crippen molar-refractivity contribution in [2.24, 2.45) is 0 Å². The molecule has 0 saturated carbocycles. The van der Waals surface area contributed by atoms with E-state index in [1.54, 1.807) is 13.8 Å². The number of aromatic nitrogens is 2. The second kappa shape index (κ2) is 8.42. The van der Waals surface area contributed by atoms with Crippen LogP contribution < -0.4 is 5.32 Å². The molecular weight excluding hydrogens is 379 g/mol. The molecular formula is C18H20F3N3O4. The second-order valence-electron chi connectivity index (χ2n) is 6.29. The van der Waals surface area contributed by atoms with Gasteiger partial charge in [0.15, 0.2) is 6.04 Å². The van der Waals surface area contributed by atoms with Crippen molar-refractivity contribution < 1.29 is 32.6 Å². The van der Waals surface area contributed by atoms with Crippen molar-refractivity contribution in [2.75, 3.05) is 13.2 Å². The molecule has 0 radical (unpaired) electrons. The molecule has 2 aromatic rings. The number of nitrogens with one attached hydrogen (secondary N) is 1. The summed E-state index contributed by atoms with van der Waals surface area (Å²) in [5.41, 5.74) is 0.205. The Balaban J connectivity index is 2.33. The minimum Gasteiger partial charge on any atom is -0.480 e. The van der Waals surface area contributed by atoms with E-state index < -0.39 is 36.0 Å². The van der Waals surface area contributed by atoms with Crippen molar-refractivity contribution in [3.05, 3.63) is 42.2 Å². The largest absolute Gasteiger partial charge is 0.480 e. The predicted octanol–water partition coefficient (Wildman–Crippen LogP) is 3.02. The number of carbonyl (C=O) groups excluding carboxylic acids is 1. The molecule has 2 N–H and O–H groups in total. The molecule has 0 spiro atoms. The van der Waals surface area contributed by atoms with Gasteiger partial charge in [0, 0.05) is 11.6 Å². The molecule has 0 aliphatic rings. The first-order valence-electron chi connectivity index (χ1n) is 8.37. The number of alkyl halides is 3. The average molecular weight is 399 g/mol. The topological polar surface area (TPSA) is 93.5 Å². The van der Waals surface area contributed by atoms with Gasteiger partial charge in [-0.1, -0.05) is 6.08 Å². The highest BCUT2D eigenvalue weighted by Gasteiger charge is 2.38. The molecule has 1 unspecified atom stereocenters. The van der Waals surface area contributed by atoms with Crippen LogP contribution >= 0.6 is 0 Å². The Morgan fingerprint density at radius 1 is 1.39 bits per heavy atom. The zero-order chi connectivity index (χ0) is 21.1. The third kappa shape index (κ3) is 4.69. The molecule has 0 aliphatic carbocycles. The maximum absolute atomic E-state index is 13.3. The number of benzene rings is 1. The molecule has 0 bridgehead atoms. The van der Waals surface area contributed by atoms with E-state index in [0.29, 0.717) is 0 Å². The van der Waals surface area contributed by atoms with Gasteiger partial charge in [-0.2, -0.15) is 13.2 Å². The van der Waals surface area contributed by atoms with E-state index in [1.807, 2.05) is 0 Å². The molecule has 1 atom stereocenters. The highest BCUT2D eigenvalue weighted by molar-refractivity contribution is 5.99. The number of fused-ring (bicyclic) bond motifs is 1. The number of halogens is 3. The molecule has 1 heterocycles. The molecule has 2 rings (SSSR count). The van der Waals surface area contributed by atoms with Gasteiger partial charge in [0.2, 0.25) is 5.82 Å². The van der Waals surface area contributed by atoms with E-state index in [1.165, 1.54) is 24.3 Å². The molecule has 7 nitrogen and oxygen atoms in total. The number of nitrogens with zero attached hydrogens (tertiary/aromatic N) is 2. The van der Waals surface area contributed by atoms with Crippen LogP contribution in [0.25, 0.3) is 11.0 Å². The number of hydrogen-bond donors (Lipinski definition) is 2. The lowest BCUT2D eigenvalue weighted by Crippen LogP contribution is -2.44. The van der Waals surface area contributed by atoms with Gasteiger partial charge in [0.05, 0.1) is 24.2 Å².